The Morgan fingerprint density at radius 2 is 2.50 bits per heavy atom. The standard InChI is InChI=1S/C6H11BrO/c1-2-6-5(7)3-4-8-6/h5-6H,2-4H2,1H3/t5-,6+/m0/s1. The summed E-state index contributed by atoms with van der Waals surface area (Å²) in [5.74, 6) is 0. The molecule has 0 spiro atoms. The highest BCUT2D eigenvalue weighted by molar-refractivity contribution is 9.09. The summed E-state index contributed by atoms with van der Waals surface area (Å²) in [5.41, 5.74) is 0. The Hall–Kier alpha value is 0.440. The zero-order valence-electron chi connectivity index (χ0n) is 5.06. The number of alkyl halides is 1. The minimum Gasteiger partial charge on any atom is -0.377 e. The molecule has 0 saturated carbocycles. The van der Waals surface area contributed by atoms with Gasteiger partial charge in [-0.05, 0) is 12.8 Å². The molecule has 0 unspecified atom stereocenters. The van der Waals surface area contributed by atoms with Gasteiger partial charge in [0.1, 0.15) is 0 Å². The molecule has 1 nitrogen and oxygen atoms in total. The third-order valence-corrected chi connectivity index (χ3v) is 2.58. The van der Waals surface area contributed by atoms with Gasteiger partial charge in [0.2, 0.25) is 0 Å². The van der Waals surface area contributed by atoms with Gasteiger partial charge in [-0.25, -0.2) is 0 Å². The molecule has 0 aliphatic carbocycles. The molecule has 0 N–H and O–H groups in total. The number of halogens is 1. The van der Waals surface area contributed by atoms with Crippen LogP contribution in [-0.2, 0) is 4.74 Å². The van der Waals surface area contributed by atoms with Crippen LogP contribution < -0.4 is 0 Å². The smallest absolute Gasteiger partial charge is 0.0698 e. The molecule has 48 valence electrons. The predicted octanol–water partition coefficient (Wildman–Crippen LogP) is 1.95. The van der Waals surface area contributed by atoms with Gasteiger partial charge < -0.3 is 4.74 Å². The molecule has 0 radical (unpaired) electrons. The van der Waals surface area contributed by atoms with Crippen LogP contribution in [0.5, 0.6) is 0 Å². The normalized spacial score (nSPS) is 38.2. The molecule has 1 fully saturated rings. The van der Waals surface area contributed by atoms with E-state index in [1.54, 1.807) is 0 Å². The quantitative estimate of drug-likeness (QED) is 0.559. The molecular formula is C6H11BrO. The van der Waals surface area contributed by atoms with Crippen molar-refractivity contribution in [3.63, 3.8) is 0 Å². The first kappa shape index (κ1) is 6.56. The molecule has 1 aliphatic heterocycles. The fraction of sp³-hybridized carbons (Fsp3) is 1.00. The molecule has 0 aromatic rings. The molecule has 0 aromatic heterocycles. The summed E-state index contributed by atoms with van der Waals surface area (Å²) in [4.78, 5) is 0.618. The molecule has 0 aromatic carbocycles. The summed E-state index contributed by atoms with van der Waals surface area (Å²) in [7, 11) is 0. The molecule has 2 heteroatoms. The van der Waals surface area contributed by atoms with Gasteiger partial charge in [-0.3, -0.25) is 0 Å². The van der Waals surface area contributed by atoms with E-state index < -0.39 is 0 Å². The SMILES string of the molecule is CC[C@H]1OCC[C@@H]1Br. The maximum atomic E-state index is 5.37. The van der Waals surface area contributed by atoms with E-state index in [4.69, 9.17) is 4.74 Å². The van der Waals surface area contributed by atoms with E-state index in [-0.39, 0.29) is 0 Å². The maximum Gasteiger partial charge on any atom is 0.0698 e. The van der Waals surface area contributed by atoms with E-state index in [9.17, 15) is 0 Å². The largest absolute Gasteiger partial charge is 0.377 e. The van der Waals surface area contributed by atoms with Gasteiger partial charge in [-0.2, -0.15) is 0 Å². The summed E-state index contributed by atoms with van der Waals surface area (Å²) in [6, 6.07) is 0. The van der Waals surface area contributed by atoms with E-state index >= 15 is 0 Å². The highest BCUT2D eigenvalue weighted by Gasteiger charge is 2.23. The second-order valence-electron chi connectivity index (χ2n) is 2.12. The molecule has 1 heterocycles. The van der Waals surface area contributed by atoms with Gasteiger partial charge in [0.25, 0.3) is 0 Å². The zero-order chi connectivity index (χ0) is 5.98. The van der Waals surface area contributed by atoms with Crippen LogP contribution in [0.15, 0.2) is 0 Å². The van der Waals surface area contributed by atoms with Crippen molar-refractivity contribution in [2.75, 3.05) is 6.61 Å². The monoisotopic (exact) mass is 178 g/mol. The van der Waals surface area contributed by atoms with Crippen molar-refractivity contribution < 1.29 is 4.74 Å². The third kappa shape index (κ3) is 1.23. The first-order valence-electron chi connectivity index (χ1n) is 3.10. The van der Waals surface area contributed by atoms with Crippen LogP contribution in [0.1, 0.15) is 19.8 Å². The number of hydrogen-bond acceptors (Lipinski definition) is 1. The highest BCUT2D eigenvalue weighted by atomic mass is 79.9. The van der Waals surface area contributed by atoms with Crippen LogP contribution in [-0.4, -0.2) is 17.5 Å². The molecule has 0 bridgehead atoms. The van der Waals surface area contributed by atoms with Crippen molar-refractivity contribution >= 4 is 15.9 Å². The van der Waals surface area contributed by atoms with E-state index in [2.05, 4.69) is 22.9 Å². The van der Waals surface area contributed by atoms with Gasteiger partial charge in [0.15, 0.2) is 0 Å². The second-order valence-corrected chi connectivity index (χ2v) is 3.30. The van der Waals surface area contributed by atoms with Crippen molar-refractivity contribution in [3.05, 3.63) is 0 Å². The minimum atomic E-state index is 0.481. The average Bonchev–Trinajstić information content (AvgIpc) is 2.14. The summed E-state index contributed by atoms with van der Waals surface area (Å²) < 4.78 is 5.37. The zero-order valence-corrected chi connectivity index (χ0v) is 6.65. The lowest BCUT2D eigenvalue weighted by Gasteiger charge is -2.08. The van der Waals surface area contributed by atoms with Gasteiger partial charge in [0.05, 0.1) is 6.10 Å². The fourth-order valence-electron chi connectivity index (χ4n) is 0.996. The summed E-state index contributed by atoms with van der Waals surface area (Å²) in [6.45, 7) is 3.10. The first-order valence-corrected chi connectivity index (χ1v) is 4.02. The molecule has 0 amide bonds. The number of rotatable bonds is 1. The fourth-order valence-corrected chi connectivity index (χ4v) is 1.71. The van der Waals surface area contributed by atoms with Gasteiger partial charge in [-0.15, -0.1) is 0 Å². The maximum absolute atomic E-state index is 5.37. The lowest BCUT2D eigenvalue weighted by atomic mass is 10.2. The van der Waals surface area contributed by atoms with Crippen LogP contribution in [0, 0.1) is 0 Å². The molecule has 1 aliphatic rings. The van der Waals surface area contributed by atoms with Crippen molar-refractivity contribution in [1.82, 2.24) is 0 Å². The average molecular weight is 179 g/mol. The van der Waals surface area contributed by atoms with E-state index in [0.29, 0.717) is 10.9 Å². The lowest BCUT2D eigenvalue weighted by Crippen LogP contribution is -2.12. The topological polar surface area (TPSA) is 9.23 Å². The van der Waals surface area contributed by atoms with Crippen molar-refractivity contribution in [2.24, 2.45) is 0 Å². The minimum absolute atomic E-state index is 0.481. The summed E-state index contributed by atoms with van der Waals surface area (Å²) in [6.07, 6.45) is 2.80. The Morgan fingerprint density at radius 1 is 1.75 bits per heavy atom. The van der Waals surface area contributed by atoms with E-state index in [0.717, 1.165) is 13.0 Å². The van der Waals surface area contributed by atoms with Crippen LogP contribution in [0.2, 0.25) is 0 Å². The summed E-state index contributed by atoms with van der Waals surface area (Å²) in [5, 5.41) is 0. The van der Waals surface area contributed by atoms with Crippen molar-refractivity contribution in [1.29, 1.82) is 0 Å². The van der Waals surface area contributed by atoms with Crippen LogP contribution in [0.3, 0.4) is 0 Å². The van der Waals surface area contributed by atoms with E-state index in [1.165, 1.54) is 6.42 Å². The molecular weight excluding hydrogens is 168 g/mol. The van der Waals surface area contributed by atoms with Crippen molar-refractivity contribution in [3.8, 4) is 0 Å². The third-order valence-electron chi connectivity index (χ3n) is 1.53. The summed E-state index contributed by atoms with van der Waals surface area (Å²) >= 11 is 3.54. The molecule has 2 atom stereocenters. The second kappa shape index (κ2) is 2.83. The first-order chi connectivity index (χ1) is 3.84. The molecule has 8 heavy (non-hydrogen) atoms. The van der Waals surface area contributed by atoms with Crippen LogP contribution in [0.4, 0.5) is 0 Å². The highest BCUT2D eigenvalue weighted by Crippen LogP contribution is 2.22. The van der Waals surface area contributed by atoms with Gasteiger partial charge >= 0.3 is 0 Å². The Kier molecular flexibility index (Phi) is 2.32. The van der Waals surface area contributed by atoms with E-state index in [1.807, 2.05) is 0 Å². The van der Waals surface area contributed by atoms with Crippen molar-refractivity contribution in [2.45, 2.75) is 30.7 Å². The Labute approximate surface area is 58.5 Å². The van der Waals surface area contributed by atoms with Gasteiger partial charge in [-0.1, -0.05) is 22.9 Å². The Balaban J connectivity index is 2.30. The molecule has 1 rings (SSSR count). The Morgan fingerprint density at radius 3 is 2.75 bits per heavy atom. The van der Waals surface area contributed by atoms with Crippen LogP contribution in [0.25, 0.3) is 0 Å². The number of hydrogen-bond donors (Lipinski definition) is 0. The molecule has 1 saturated heterocycles. The lowest BCUT2D eigenvalue weighted by molar-refractivity contribution is 0.111. The Bertz CT molecular complexity index is 74.9. The van der Waals surface area contributed by atoms with Gasteiger partial charge in [0, 0.05) is 11.4 Å². The van der Waals surface area contributed by atoms with Crippen LogP contribution >= 0.6 is 15.9 Å². The predicted molar refractivity (Wildman–Crippen MR) is 37.4 cm³/mol. The number of ether oxygens (including phenoxy) is 1.